The van der Waals surface area contributed by atoms with Gasteiger partial charge in [-0.3, -0.25) is 4.90 Å². The van der Waals surface area contributed by atoms with E-state index in [1.165, 1.54) is 37.7 Å². The van der Waals surface area contributed by atoms with Gasteiger partial charge in [-0.1, -0.05) is 36.9 Å². The minimum Gasteiger partial charge on any atom is -0.329 e. The molecule has 0 bridgehead atoms. The molecule has 1 aromatic carbocycles. The molecule has 1 atom stereocenters. The maximum Gasteiger partial charge on any atom is 0.0551 e. The number of halogens is 2. The highest BCUT2D eigenvalue weighted by molar-refractivity contribution is 9.10. The molecule has 1 aromatic rings. The summed E-state index contributed by atoms with van der Waals surface area (Å²) in [6.07, 6.45) is 6.62. The molecule has 1 aliphatic heterocycles. The van der Waals surface area contributed by atoms with Crippen molar-refractivity contribution in [3.05, 3.63) is 33.3 Å². The van der Waals surface area contributed by atoms with E-state index in [1.54, 1.807) is 0 Å². The average molecular weight is 346 g/mol. The summed E-state index contributed by atoms with van der Waals surface area (Å²) in [5.74, 6) is 0. The highest BCUT2D eigenvalue weighted by atomic mass is 79.9. The second kappa shape index (κ2) is 7.63. The Morgan fingerprint density at radius 1 is 1.16 bits per heavy atom. The van der Waals surface area contributed by atoms with E-state index in [-0.39, 0.29) is 0 Å². The van der Waals surface area contributed by atoms with Crippen LogP contribution in [0.2, 0.25) is 5.02 Å². The first kappa shape index (κ1) is 15.3. The zero-order chi connectivity index (χ0) is 13.7. The lowest BCUT2D eigenvalue weighted by atomic mass is 10.0. The first-order valence-electron chi connectivity index (χ1n) is 7.11. The normalized spacial score (nSPS) is 19.7. The van der Waals surface area contributed by atoms with E-state index in [1.807, 2.05) is 12.1 Å². The van der Waals surface area contributed by atoms with Crippen LogP contribution in [0.4, 0.5) is 0 Å². The second-order valence-electron chi connectivity index (χ2n) is 5.23. The Morgan fingerprint density at radius 2 is 1.79 bits per heavy atom. The largest absolute Gasteiger partial charge is 0.329 e. The van der Waals surface area contributed by atoms with Crippen molar-refractivity contribution in [3.8, 4) is 0 Å². The summed E-state index contributed by atoms with van der Waals surface area (Å²) in [5.41, 5.74) is 7.25. The van der Waals surface area contributed by atoms with Gasteiger partial charge >= 0.3 is 0 Å². The molecule has 19 heavy (non-hydrogen) atoms. The van der Waals surface area contributed by atoms with Gasteiger partial charge in [0, 0.05) is 17.1 Å². The van der Waals surface area contributed by atoms with E-state index in [4.69, 9.17) is 17.3 Å². The van der Waals surface area contributed by atoms with Crippen LogP contribution in [0.25, 0.3) is 0 Å². The third kappa shape index (κ3) is 4.19. The Kier molecular flexibility index (Phi) is 6.14. The van der Waals surface area contributed by atoms with Crippen LogP contribution in [0.15, 0.2) is 22.7 Å². The summed E-state index contributed by atoms with van der Waals surface area (Å²) in [4.78, 5) is 2.53. The maximum absolute atomic E-state index is 6.21. The summed E-state index contributed by atoms with van der Waals surface area (Å²) in [6, 6.07) is 6.49. The number of likely N-dealkylation sites (tertiary alicyclic amines) is 1. The van der Waals surface area contributed by atoms with Gasteiger partial charge in [-0.15, -0.1) is 0 Å². The van der Waals surface area contributed by atoms with Crippen LogP contribution in [0.5, 0.6) is 0 Å². The van der Waals surface area contributed by atoms with Crippen molar-refractivity contribution in [3.63, 3.8) is 0 Å². The Balaban J connectivity index is 2.14. The minimum atomic E-state index is 0.295. The first-order valence-corrected chi connectivity index (χ1v) is 8.28. The van der Waals surface area contributed by atoms with Crippen molar-refractivity contribution in [2.24, 2.45) is 5.73 Å². The van der Waals surface area contributed by atoms with Crippen molar-refractivity contribution in [2.75, 3.05) is 19.6 Å². The standard InChI is InChI=1S/C15H22BrClN2/c16-13-7-6-12(10-14(13)17)15(11-18)19-8-4-2-1-3-5-9-19/h6-7,10,15H,1-5,8-9,11,18H2. The molecule has 106 valence electrons. The molecule has 0 radical (unpaired) electrons. The summed E-state index contributed by atoms with van der Waals surface area (Å²) >= 11 is 9.65. The molecule has 2 N–H and O–H groups in total. The van der Waals surface area contributed by atoms with Crippen LogP contribution in [0.1, 0.15) is 43.7 Å². The lowest BCUT2D eigenvalue weighted by Gasteiger charge is -2.32. The predicted octanol–water partition coefficient (Wildman–Crippen LogP) is 4.37. The highest BCUT2D eigenvalue weighted by Gasteiger charge is 2.20. The molecule has 1 heterocycles. The number of hydrogen-bond acceptors (Lipinski definition) is 2. The molecule has 4 heteroatoms. The lowest BCUT2D eigenvalue weighted by molar-refractivity contribution is 0.183. The first-order chi connectivity index (χ1) is 9.22. The van der Waals surface area contributed by atoms with Crippen LogP contribution >= 0.6 is 27.5 Å². The van der Waals surface area contributed by atoms with Crippen molar-refractivity contribution in [2.45, 2.75) is 38.1 Å². The molecule has 0 aliphatic carbocycles. The van der Waals surface area contributed by atoms with E-state index in [2.05, 4.69) is 26.9 Å². The van der Waals surface area contributed by atoms with Gasteiger partial charge in [-0.25, -0.2) is 0 Å². The minimum absolute atomic E-state index is 0.295. The summed E-state index contributed by atoms with van der Waals surface area (Å²) in [5, 5.41) is 0.767. The van der Waals surface area contributed by atoms with Gasteiger partial charge in [0.15, 0.2) is 0 Å². The molecule has 1 aliphatic rings. The third-order valence-corrected chi connectivity index (χ3v) is 5.12. The van der Waals surface area contributed by atoms with Crippen molar-refractivity contribution in [1.82, 2.24) is 4.90 Å². The van der Waals surface area contributed by atoms with Crippen LogP contribution in [-0.4, -0.2) is 24.5 Å². The van der Waals surface area contributed by atoms with Gasteiger partial charge in [0.1, 0.15) is 0 Å². The van der Waals surface area contributed by atoms with Gasteiger partial charge in [-0.2, -0.15) is 0 Å². The predicted molar refractivity (Wildman–Crippen MR) is 85.6 cm³/mol. The summed E-state index contributed by atoms with van der Waals surface area (Å²) in [7, 11) is 0. The monoisotopic (exact) mass is 344 g/mol. The second-order valence-corrected chi connectivity index (χ2v) is 6.49. The van der Waals surface area contributed by atoms with Crippen molar-refractivity contribution >= 4 is 27.5 Å². The molecule has 1 unspecified atom stereocenters. The van der Waals surface area contributed by atoms with E-state index in [9.17, 15) is 0 Å². The number of nitrogens with zero attached hydrogens (tertiary/aromatic N) is 1. The molecular formula is C15H22BrClN2. The molecule has 0 aromatic heterocycles. The summed E-state index contributed by atoms with van der Waals surface area (Å²) in [6.45, 7) is 2.95. The van der Waals surface area contributed by atoms with Gasteiger partial charge in [-0.05, 0) is 59.6 Å². The number of rotatable bonds is 3. The van der Waals surface area contributed by atoms with E-state index in [0.717, 1.165) is 22.6 Å². The zero-order valence-corrected chi connectivity index (χ0v) is 13.6. The Bertz CT molecular complexity index is 403. The fourth-order valence-corrected chi connectivity index (χ4v) is 3.23. The topological polar surface area (TPSA) is 29.3 Å². The maximum atomic E-state index is 6.21. The molecule has 1 saturated heterocycles. The zero-order valence-electron chi connectivity index (χ0n) is 11.2. The van der Waals surface area contributed by atoms with Crippen LogP contribution in [0, 0.1) is 0 Å². The molecule has 0 saturated carbocycles. The van der Waals surface area contributed by atoms with Crippen molar-refractivity contribution < 1.29 is 0 Å². The Labute approximate surface area is 129 Å². The van der Waals surface area contributed by atoms with E-state index >= 15 is 0 Å². The quantitative estimate of drug-likeness (QED) is 0.881. The van der Waals surface area contributed by atoms with Crippen molar-refractivity contribution in [1.29, 1.82) is 0 Å². The Hall–Kier alpha value is -0.0900. The van der Waals surface area contributed by atoms with Gasteiger partial charge in [0.25, 0.3) is 0 Å². The van der Waals surface area contributed by atoms with Gasteiger partial charge in [0.2, 0.25) is 0 Å². The molecule has 1 fully saturated rings. The highest BCUT2D eigenvalue weighted by Crippen LogP contribution is 2.29. The number of hydrogen-bond donors (Lipinski definition) is 1. The van der Waals surface area contributed by atoms with E-state index < -0.39 is 0 Å². The molecule has 2 nitrogen and oxygen atoms in total. The third-order valence-electron chi connectivity index (χ3n) is 3.88. The fourth-order valence-electron chi connectivity index (χ4n) is 2.80. The molecule has 2 rings (SSSR count). The van der Waals surface area contributed by atoms with Crippen LogP contribution in [0.3, 0.4) is 0 Å². The molecular weight excluding hydrogens is 324 g/mol. The number of nitrogens with two attached hydrogens (primary N) is 1. The fraction of sp³-hybridized carbons (Fsp3) is 0.600. The van der Waals surface area contributed by atoms with Crippen LogP contribution in [-0.2, 0) is 0 Å². The average Bonchev–Trinajstić information content (AvgIpc) is 2.36. The SMILES string of the molecule is NCC(c1ccc(Br)c(Cl)c1)N1CCCCCCC1. The summed E-state index contributed by atoms with van der Waals surface area (Å²) < 4.78 is 0.946. The van der Waals surface area contributed by atoms with Gasteiger partial charge in [0.05, 0.1) is 5.02 Å². The smallest absolute Gasteiger partial charge is 0.0551 e. The van der Waals surface area contributed by atoms with E-state index in [0.29, 0.717) is 12.6 Å². The Morgan fingerprint density at radius 3 is 2.37 bits per heavy atom. The van der Waals surface area contributed by atoms with Crippen LogP contribution < -0.4 is 5.73 Å². The van der Waals surface area contributed by atoms with Gasteiger partial charge < -0.3 is 5.73 Å². The molecule has 0 amide bonds. The molecule has 0 spiro atoms. The lowest BCUT2D eigenvalue weighted by Crippen LogP contribution is -2.36. The number of benzene rings is 1.